The quantitative estimate of drug-likeness (QED) is 0.771. The van der Waals surface area contributed by atoms with Crippen LogP contribution in [-0.2, 0) is 11.3 Å². The molecule has 0 aliphatic rings. The fraction of sp³-hybridized carbons (Fsp3) is 0.167. The van der Waals surface area contributed by atoms with E-state index >= 15 is 0 Å². The maximum atomic E-state index is 11.9. The number of carboxylic acids is 1. The molecule has 0 spiro atoms. The molecular weight excluding hydrogens is 356 g/mol. The van der Waals surface area contributed by atoms with Gasteiger partial charge in [-0.25, -0.2) is 9.59 Å². The predicted octanol–water partition coefficient (Wildman–Crippen LogP) is 3.91. The van der Waals surface area contributed by atoms with Gasteiger partial charge in [-0.1, -0.05) is 30.3 Å². The predicted molar refractivity (Wildman–Crippen MR) is 98.6 cm³/mol. The van der Waals surface area contributed by atoms with Crippen molar-refractivity contribution >= 4 is 34.8 Å². The molecule has 0 saturated carbocycles. The van der Waals surface area contributed by atoms with Crippen LogP contribution >= 0.6 is 11.8 Å². The lowest BCUT2D eigenvalue weighted by Crippen LogP contribution is -2.17. The Bertz CT molecular complexity index is 808. The maximum Gasteiger partial charge on any atom is 0.411 e. The van der Waals surface area contributed by atoms with E-state index in [2.05, 4.69) is 5.32 Å². The Morgan fingerprint density at radius 3 is 2.42 bits per heavy atom. The van der Waals surface area contributed by atoms with Crippen molar-refractivity contribution in [2.24, 2.45) is 0 Å². The number of nitrogens with zero attached hydrogens (tertiary/aromatic N) is 1. The van der Waals surface area contributed by atoms with E-state index in [1.54, 1.807) is 14.1 Å². The monoisotopic (exact) mass is 374 g/mol. The molecule has 26 heavy (non-hydrogen) atoms. The van der Waals surface area contributed by atoms with Crippen LogP contribution in [-0.4, -0.2) is 41.4 Å². The lowest BCUT2D eigenvalue weighted by molar-refractivity contribution is 0.0693. The summed E-state index contributed by atoms with van der Waals surface area (Å²) in [6.07, 6.45) is -0.699. The van der Waals surface area contributed by atoms with Gasteiger partial charge in [-0.3, -0.25) is 10.1 Å². The number of hydrogen-bond acceptors (Lipinski definition) is 5. The number of nitrogens with one attached hydrogen (secondary N) is 1. The molecule has 0 unspecified atom stereocenters. The smallest absolute Gasteiger partial charge is 0.411 e. The van der Waals surface area contributed by atoms with Gasteiger partial charge in [0.1, 0.15) is 6.61 Å². The van der Waals surface area contributed by atoms with Gasteiger partial charge in [0.25, 0.3) is 5.24 Å². The van der Waals surface area contributed by atoms with E-state index in [-0.39, 0.29) is 23.1 Å². The summed E-state index contributed by atoms with van der Waals surface area (Å²) in [7, 11) is 3.16. The first-order chi connectivity index (χ1) is 12.4. The van der Waals surface area contributed by atoms with Gasteiger partial charge in [0, 0.05) is 24.7 Å². The van der Waals surface area contributed by atoms with Crippen LogP contribution in [0.5, 0.6) is 0 Å². The van der Waals surface area contributed by atoms with Crippen LogP contribution in [0.2, 0.25) is 0 Å². The number of anilines is 1. The van der Waals surface area contributed by atoms with E-state index in [1.165, 1.54) is 23.1 Å². The molecule has 2 amide bonds. The van der Waals surface area contributed by atoms with Crippen LogP contribution < -0.4 is 5.32 Å². The third-order valence-corrected chi connectivity index (χ3v) is 4.35. The van der Waals surface area contributed by atoms with Gasteiger partial charge in [-0.15, -0.1) is 0 Å². The Balaban J connectivity index is 2.05. The molecule has 0 saturated heterocycles. The molecule has 2 rings (SSSR count). The van der Waals surface area contributed by atoms with Gasteiger partial charge in [0.2, 0.25) is 0 Å². The fourth-order valence-electron chi connectivity index (χ4n) is 1.93. The topological polar surface area (TPSA) is 95.9 Å². The van der Waals surface area contributed by atoms with E-state index in [1.807, 2.05) is 30.3 Å². The van der Waals surface area contributed by atoms with E-state index in [0.717, 1.165) is 17.3 Å². The fourth-order valence-corrected chi connectivity index (χ4v) is 2.69. The zero-order chi connectivity index (χ0) is 19.1. The van der Waals surface area contributed by atoms with Gasteiger partial charge >= 0.3 is 12.1 Å². The van der Waals surface area contributed by atoms with Crippen molar-refractivity contribution in [2.75, 3.05) is 19.4 Å². The molecule has 8 heteroatoms. The number of carbonyl (C=O) groups excluding carboxylic acids is 2. The Morgan fingerprint density at radius 1 is 1.12 bits per heavy atom. The number of carbonyl (C=O) groups is 3. The summed E-state index contributed by atoms with van der Waals surface area (Å²) in [4.78, 5) is 36.7. The second-order valence-corrected chi connectivity index (χ2v) is 6.46. The Morgan fingerprint density at radius 2 is 1.81 bits per heavy atom. The third kappa shape index (κ3) is 5.52. The number of benzene rings is 2. The van der Waals surface area contributed by atoms with E-state index in [4.69, 9.17) is 4.74 Å². The minimum absolute atomic E-state index is 0.0777. The van der Waals surface area contributed by atoms with Crippen LogP contribution in [0.3, 0.4) is 0 Å². The third-order valence-electron chi connectivity index (χ3n) is 3.23. The molecule has 0 radical (unpaired) electrons. The van der Waals surface area contributed by atoms with Crippen LogP contribution in [0.4, 0.5) is 15.3 Å². The van der Waals surface area contributed by atoms with Gasteiger partial charge in [0.15, 0.2) is 0 Å². The molecular formula is C18H18N2O5S. The molecule has 0 heterocycles. The molecule has 0 fully saturated rings. The van der Waals surface area contributed by atoms with Crippen molar-refractivity contribution in [3.63, 3.8) is 0 Å². The Kier molecular flexibility index (Phi) is 6.62. The van der Waals surface area contributed by atoms with Crippen molar-refractivity contribution < 1.29 is 24.2 Å². The summed E-state index contributed by atoms with van der Waals surface area (Å²) in [5.74, 6) is -1.19. The summed E-state index contributed by atoms with van der Waals surface area (Å²) < 4.78 is 5.10. The summed E-state index contributed by atoms with van der Waals surface area (Å²) >= 11 is 0.804. The largest absolute Gasteiger partial charge is 0.478 e. The molecule has 2 aromatic rings. The Hall–Kier alpha value is -3.00. The number of thioether (sulfide) groups is 1. The summed E-state index contributed by atoms with van der Waals surface area (Å²) in [6.45, 7) is 0.101. The van der Waals surface area contributed by atoms with Crippen LogP contribution in [0, 0.1) is 0 Å². The van der Waals surface area contributed by atoms with Crippen LogP contribution in [0.1, 0.15) is 15.9 Å². The molecule has 2 N–H and O–H groups in total. The lowest BCUT2D eigenvalue weighted by atomic mass is 10.2. The molecule has 0 bridgehead atoms. The molecule has 0 aliphatic carbocycles. The highest BCUT2D eigenvalue weighted by atomic mass is 32.2. The highest BCUT2D eigenvalue weighted by molar-refractivity contribution is 8.13. The molecule has 7 nitrogen and oxygen atoms in total. The second-order valence-electron chi connectivity index (χ2n) is 5.47. The first-order valence-corrected chi connectivity index (χ1v) is 8.42. The summed E-state index contributed by atoms with van der Waals surface area (Å²) in [5.41, 5.74) is 1.02. The van der Waals surface area contributed by atoms with Crippen molar-refractivity contribution in [3.8, 4) is 0 Å². The number of aromatic carboxylic acids is 1. The van der Waals surface area contributed by atoms with Crippen molar-refractivity contribution in [3.05, 3.63) is 59.7 Å². The summed E-state index contributed by atoms with van der Waals surface area (Å²) in [6, 6.07) is 13.5. The lowest BCUT2D eigenvalue weighted by Gasteiger charge is -2.12. The normalized spacial score (nSPS) is 10.1. The van der Waals surface area contributed by atoms with Crippen LogP contribution in [0.15, 0.2) is 53.4 Å². The number of rotatable bonds is 5. The number of carboxylic acid groups (broad SMARTS) is 1. The molecule has 0 aliphatic heterocycles. The average molecular weight is 374 g/mol. The zero-order valence-corrected chi connectivity index (χ0v) is 15.1. The van der Waals surface area contributed by atoms with Crippen LogP contribution in [0.25, 0.3) is 0 Å². The van der Waals surface area contributed by atoms with Gasteiger partial charge < -0.3 is 14.7 Å². The van der Waals surface area contributed by atoms with Crippen molar-refractivity contribution in [2.45, 2.75) is 11.5 Å². The van der Waals surface area contributed by atoms with Gasteiger partial charge in [-0.05, 0) is 35.5 Å². The molecule has 2 aromatic carbocycles. The number of ether oxygens (including phenoxy) is 1. The highest BCUT2D eigenvalue weighted by Crippen LogP contribution is 2.27. The summed E-state index contributed by atoms with van der Waals surface area (Å²) in [5, 5.41) is 11.5. The zero-order valence-electron chi connectivity index (χ0n) is 14.3. The van der Waals surface area contributed by atoms with Crippen molar-refractivity contribution in [1.82, 2.24) is 4.90 Å². The van der Waals surface area contributed by atoms with Gasteiger partial charge in [-0.2, -0.15) is 0 Å². The van der Waals surface area contributed by atoms with Crippen molar-refractivity contribution in [1.29, 1.82) is 0 Å². The molecule has 0 atom stereocenters. The first-order valence-electron chi connectivity index (χ1n) is 7.61. The Labute approximate surface area is 155 Å². The second kappa shape index (κ2) is 8.91. The highest BCUT2D eigenvalue weighted by Gasteiger charge is 2.17. The minimum atomic E-state index is -1.19. The standard InChI is InChI=1S/C18H18N2O5S/c1-20(2)18(24)26-15-9-8-13(10-14(15)16(21)22)19-17(23)25-11-12-6-4-3-5-7-12/h3-10H,11H2,1-2H3,(H,19,23)(H,21,22). The maximum absolute atomic E-state index is 11.9. The average Bonchev–Trinajstić information content (AvgIpc) is 2.61. The van der Waals surface area contributed by atoms with E-state index < -0.39 is 12.1 Å². The minimum Gasteiger partial charge on any atom is -0.478 e. The van der Waals surface area contributed by atoms with E-state index in [9.17, 15) is 19.5 Å². The van der Waals surface area contributed by atoms with Gasteiger partial charge in [0.05, 0.1) is 5.56 Å². The SMILES string of the molecule is CN(C)C(=O)Sc1ccc(NC(=O)OCc2ccccc2)cc1C(=O)O. The first kappa shape index (κ1) is 19.3. The van der Waals surface area contributed by atoms with E-state index in [0.29, 0.717) is 4.90 Å². The molecule has 136 valence electrons. The molecule has 0 aromatic heterocycles. The number of hydrogen-bond donors (Lipinski definition) is 2. The number of amides is 2.